The molecule has 5 fully saturated rings. The molecular formula is C31H48O3. The number of hydrogen-bond donors (Lipinski definition) is 1. The molecule has 0 saturated heterocycles. The molecule has 0 aliphatic heterocycles. The number of carboxylic acid groups (broad SMARTS) is 1. The molecule has 0 aromatic carbocycles. The Morgan fingerprint density at radius 2 is 1.62 bits per heavy atom. The molecule has 0 amide bonds. The number of fused-ring (bicyclic) bond motifs is 2. The van der Waals surface area contributed by atoms with Gasteiger partial charge in [0.1, 0.15) is 5.78 Å². The van der Waals surface area contributed by atoms with Gasteiger partial charge in [-0.1, -0.05) is 46.8 Å². The van der Waals surface area contributed by atoms with Gasteiger partial charge in [0, 0.05) is 11.8 Å². The Balaban J connectivity index is 1.35. The van der Waals surface area contributed by atoms with Crippen molar-refractivity contribution in [3.63, 3.8) is 0 Å². The van der Waals surface area contributed by atoms with Crippen molar-refractivity contribution < 1.29 is 14.7 Å². The molecule has 1 N–H and O–H groups in total. The second-order valence-corrected chi connectivity index (χ2v) is 14.5. The van der Waals surface area contributed by atoms with Gasteiger partial charge in [-0.2, -0.15) is 0 Å². The number of Topliss-reactive ketones (excluding diaryl/α,β-unsaturated/α-hetero) is 1. The van der Waals surface area contributed by atoms with Gasteiger partial charge in [0.05, 0.1) is 5.92 Å². The summed E-state index contributed by atoms with van der Waals surface area (Å²) in [5, 5.41) is 9.35. The molecule has 3 heteroatoms. The number of hydrogen-bond acceptors (Lipinski definition) is 2. The molecular weight excluding hydrogens is 420 g/mol. The molecule has 190 valence electrons. The maximum atomic E-state index is 12.9. The highest BCUT2D eigenvalue weighted by molar-refractivity contribution is 5.86. The van der Waals surface area contributed by atoms with Crippen LogP contribution in [0.1, 0.15) is 112 Å². The molecule has 5 saturated carbocycles. The maximum absolute atomic E-state index is 12.9. The minimum absolute atomic E-state index is 0.128. The van der Waals surface area contributed by atoms with Crippen molar-refractivity contribution in [1.82, 2.24) is 0 Å². The largest absolute Gasteiger partial charge is 0.481 e. The summed E-state index contributed by atoms with van der Waals surface area (Å²) < 4.78 is 0. The fraction of sp³-hybridized carbons (Fsp3) is 0.871. The van der Waals surface area contributed by atoms with Crippen molar-refractivity contribution in [2.75, 3.05) is 0 Å². The molecule has 3 nitrogen and oxygen atoms in total. The van der Waals surface area contributed by atoms with Gasteiger partial charge in [-0.3, -0.25) is 9.59 Å². The molecule has 0 unspecified atom stereocenters. The van der Waals surface area contributed by atoms with Gasteiger partial charge in [0.15, 0.2) is 0 Å². The Kier molecular flexibility index (Phi) is 5.38. The fourth-order valence-corrected chi connectivity index (χ4v) is 11.1. The summed E-state index contributed by atoms with van der Waals surface area (Å²) >= 11 is 0. The summed E-state index contributed by atoms with van der Waals surface area (Å²) in [7, 11) is 0. The monoisotopic (exact) mass is 468 g/mol. The van der Waals surface area contributed by atoms with E-state index in [4.69, 9.17) is 0 Å². The molecule has 0 heterocycles. The SMILES string of the molecule is C=C(CC[C@@H](C)[C@H]1CC[C@@]2(C)[C@@H]3CC[C@@H]4C(C)(C)C(=O)CC[C@@]45C[C@@]35CC[C@]12C)[C@@H](C)C(=O)O. The fourth-order valence-electron chi connectivity index (χ4n) is 11.1. The number of ketones is 1. The van der Waals surface area contributed by atoms with E-state index in [2.05, 4.69) is 41.2 Å². The third kappa shape index (κ3) is 2.88. The van der Waals surface area contributed by atoms with Crippen LogP contribution in [0.4, 0.5) is 0 Å². The zero-order chi connectivity index (χ0) is 24.9. The Morgan fingerprint density at radius 3 is 2.29 bits per heavy atom. The lowest BCUT2D eigenvalue weighted by Gasteiger charge is -2.62. The van der Waals surface area contributed by atoms with Crippen LogP contribution in [0.25, 0.3) is 0 Å². The van der Waals surface area contributed by atoms with Crippen LogP contribution in [0.15, 0.2) is 12.2 Å². The molecule has 2 spiro atoms. The van der Waals surface area contributed by atoms with E-state index in [0.29, 0.717) is 39.3 Å². The summed E-state index contributed by atoms with van der Waals surface area (Å²) in [5.74, 6) is 2.07. The second-order valence-electron chi connectivity index (χ2n) is 14.5. The highest BCUT2D eigenvalue weighted by atomic mass is 16.4. The molecule has 5 aliphatic rings. The van der Waals surface area contributed by atoms with Crippen LogP contribution in [-0.2, 0) is 9.59 Å². The van der Waals surface area contributed by atoms with Crippen molar-refractivity contribution in [2.24, 2.45) is 56.7 Å². The minimum atomic E-state index is -0.753. The van der Waals surface area contributed by atoms with Crippen molar-refractivity contribution >= 4 is 11.8 Å². The van der Waals surface area contributed by atoms with Crippen LogP contribution >= 0.6 is 0 Å². The molecule has 5 aliphatic carbocycles. The highest BCUT2D eigenvalue weighted by Gasteiger charge is 2.82. The molecule has 0 aromatic rings. The quantitative estimate of drug-likeness (QED) is 0.407. The summed E-state index contributed by atoms with van der Waals surface area (Å²) in [6, 6.07) is 0. The number of rotatable bonds is 6. The van der Waals surface area contributed by atoms with E-state index in [1.54, 1.807) is 6.92 Å². The normalized spacial score (nSPS) is 48.1. The first-order valence-electron chi connectivity index (χ1n) is 14.2. The lowest BCUT2D eigenvalue weighted by atomic mass is 9.42. The van der Waals surface area contributed by atoms with Crippen molar-refractivity contribution in [3.8, 4) is 0 Å². The first-order chi connectivity index (χ1) is 15.8. The van der Waals surface area contributed by atoms with Crippen LogP contribution in [-0.4, -0.2) is 16.9 Å². The molecule has 5 rings (SSSR count). The number of carbonyl (C=O) groups excluding carboxylic acids is 1. The predicted molar refractivity (Wildman–Crippen MR) is 136 cm³/mol. The number of aliphatic carboxylic acids is 1. The Bertz CT molecular complexity index is 918. The summed E-state index contributed by atoms with van der Waals surface area (Å²) in [6.45, 7) is 18.1. The first-order valence-corrected chi connectivity index (χ1v) is 14.2. The Morgan fingerprint density at radius 1 is 0.971 bits per heavy atom. The van der Waals surface area contributed by atoms with Crippen molar-refractivity contribution in [2.45, 2.75) is 112 Å². The van der Waals surface area contributed by atoms with Crippen molar-refractivity contribution in [3.05, 3.63) is 12.2 Å². The van der Waals surface area contributed by atoms with Crippen LogP contribution in [0.3, 0.4) is 0 Å². The first kappa shape index (κ1) is 24.6. The van der Waals surface area contributed by atoms with Crippen LogP contribution in [0.5, 0.6) is 0 Å². The third-order valence-electron chi connectivity index (χ3n) is 13.5. The Hall–Kier alpha value is -1.12. The van der Waals surface area contributed by atoms with E-state index in [0.717, 1.165) is 43.1 Å². The molecule has 0 aromatic heterocycles. The number of carboxylic acids is 1. The highest BCUT2D eigenvalue weighted by Crippen LogP contribution is 2.88. The average Bonchev–Trinajstić information content (AvgIpc) is 3.36. The molecule has 9 atom stereocenters. The zero-order valence-electron chi connectivity index (χ0n) is 22.6. The standard InChI is InChI=1S/C31H48O3/c1-19(21(3)26(33)34)8-9-20(2)22-12-14-29(7)24-11-10-23-27(4,5)25(32)13-15-30(23)18-31(24,30)17-16-28(22,29)6/h20-24H,1,8-18H2,2-7H3,(H,33,34)/t20-,21-,22-,23-,24+,28-,29+,30-,31+/m1/s1. The predicted octanol–water partition coefficient (Wildman–Crippen LogP) is 7.69. The van der Waals surface area contributed by atoms with Crippen LogP contribution in [0, 0.1) is 56.7 Å². The van der Waals surface area contributed by atoms with E-state index >= 15 is 0 Å². The summed E-state index contributed by atoms with van der Waals surface area (Å²) in [4.78, 5) is 24.2. The van der Waals surface area contributed by atoms with Crippen molar-refractivity contribution in [1.29, 1.82) is 0 Å². The topological polar surface area (TPSA) is 54.4 Å². The zero-order valence-corrected chi connectivity index (χ0v) is 22.6. The van der Waals surface area contributed by atoms with Crippen LogP contribution in [0.2, 0.25) is 0 Å². The Labute approximate surface area is 207 Å². The van der Waals surface area contributed by atoms with Gasteiger partial charge >= 0.3 is 5.97 Å². The van der Waals surface area contributed by atoms with E-state index in [1.165, 1.54) is 44.9 Å². The van der Waals surface area contributed by atoms with Gasteiger partial charge < -0.3 is 5.11 Å². The van der Waals surface area contributed by atoms with E-state index in [-0.39, 0.29) is 5.41 Å². The number of carbonyl (C=O) groups is 2. The van der Waals surface area contributed by atoms with Gasteiger partial charge in [-0.25, -0.2) is 0 Å². The minimum Gasteiger partial charge on any atom is -0.481 e. The molecule has 0 bridgehead atoms. The summed E-state index contributed by atoms with van der Waals surface area (Å²) in [5.41, 5.74) is 2.48. The van der Waals surface area contributed by atoms with Crippen LogP contribution < -0.4 is 0 Å². The third-order valence-corrected chi connectivity index (χ3v) is 13.5. The van der Waals surface area contributed by atoms with E-state index < -0.39 is 11.9 Å². The van der Waals surface area contributed by atoms with Gasteiger partial charge in [0.25, 0.3) is 0 Å². The van der Waals surface area contributed by atoms with Gasteiger partial charge in [-0.15, -0.1) is 0 Å². The smallest absolute Gasteiger partial charge is 0.310 e. The summed E-state index contributed by atoms with van der Waals surface area (Å²) in [6.07, 6.45) is 13.2. The van der Waals surface area contributed by atoms with E-state index in [1.807, 2.05) is 0 Å². The molecule has 0 radical (unpaired) electrons. The molecule has 34 heavy (non-hydrogen) atoms. The lowest BCUT2D eigenvalue weighted by molar-refractivity contribution is -0.157. The lowest BCUT2D eigenvalue weighted by Crippen LogP contribution is -2.57. The second kappa shape index (κ2) is 7.45. The average molecular weight is 469 g/mol. The van der Waals surface area contributed by atoms with Gasteiger partial charge in [-0.05, 0) is 116 Å². The van der Waals surface area contributed by atoms with Gasteiger partial charge in [0.2, 0.25) is 0 Å². The van der Waals surface area contributed by atoms with E-state index in [9.17, 15) is 14.7 Å². The maximum Gasteiger partial charge on any atom is 0.310 e.